The summed E-state index contributed by atoms with van der Waals surface area (Å²) in [5.41, 5.74) is 16.9. The molecule has 23 heavy (non-hydrogen) atoms. The summed E-state index contributed by atoms with van der Waals surface area (Å²) in [5, 5.41) is 1.72. The normalized spacial score (nSPS) is 12.4. The molecule has 3 aromatic rings. The first-order valence-electron chi connectivity index (χ1n) is 7.94. The molecule has 1 heterocycles. The van der Waals surface area contributed by atoms with Crippen LogP contribution < -0.4 is 17.0 Å². The van der Waals surface area contributed by atoms with E-state index in [0.29, 0.717) is 24.2 Å². The standard InChI is InChI=1S/C19H19N3O/c20-8-3-9-22-18-14-5-2-1-4-12(14)10-16(18)15-7-6-13(21)11-17(15)19(22)23/h1-2,4-7,11H,3,8-10,20-21H2. The lowest BCUT2D eigenvalue weighted by atomic mass is 10.0. The molecule has 0 saturated heterocycles. The molecule has 0 fully saturated rings. The molecular formula is C19H19N3O. The number of nitrogens with zero attached hydrogens (tertiary/aromatic N) is 1. The van der Waals surface area contributed by atoms with Crippen LogP contribution in [0.5, 0.6) is 0 Å². The number of hydrogen-bond acceptors (Lipinski definition) is 3. The SMILES string of the molecule is NCCCn1c2c(c3ccc(N)cc3c1=O)Cc1ccccc1-2. The van der Waals surface area contributed by atoms with E-state index in [-0.39, 0.29) is 5.56 Å². The topological polar surface area (TPSA) is 74.0 Å². The van der Waals surface area contributed by atoms with E-state index in [1.165, 1.54) is 11.1 Å². The Morgan fingerprint density at radius 3 is 2.74 bits per heavy atom. The van der Waals surface area contributed by atoms with Crippen LogP contribution in [0.4, 0.5) is 5.69 Å². The molecule has 4 rings (SSSR count). The molecule has 2 aromatic carbocycles. The van der Waals surface area contributed by atoms with Gasteiger partial charge >= 0.3 is 0 Å². The van der Waals surface area contributed by atoms with Gasteiger partial charge in [-0.1, -0.05) is 30.3 Å². The van der Waals surface area contributed by atoms with Crippen LogP contribution in [0.15, 0.2) is 47.3 Å². The molecule has 116 valence electrons. The highest BCUT2D eigenvalue weighted by Crippen LogP contribution is 2.39. The number of aromatic nitrogens is 1. The van der Waals surface area contributed by atoms with E-state index in [1.54, 1.807) is 6.07 Å². The van der Waals surface area contributed by atoms with Crippen LogP contribution in [-0.4, -0.2) is 11.1 Å². The van der Waals surface area contributed by atoms with Gasteiger partial charge in [0.25, 0.3) is 5.56 Å². The third-order valence-electron chi connectivity index (χ3n) is 4.63. The van der Waals surface area contributed by atoms with Crippen LogP contribution in [0, 0.1) is 0 Å². The molecule has 0 spiro atoms. The zero-order valence-corrected chi connectivity index (χ0v) is 12.9. The Morgan fingerprint density at radius 1 is 1.09 bits per heavy atom. The fourth-order valence-corrected chi connectivity index (χ4v) is 3.58. The molecule has 0 saturated carbocycles. The summed E-state index contributed by atoms with van der Waals surface area (Å²) in [6, 6.07) is 13.9. The van der Waals surface area contributed by atoms with E-state index in [2.05, 4.69) is 12.1 Å². The number of nitrogen functional groups attached to an aromatic ring is 1. The molecule has 0 amide bonds. The van der Waals surface area contributed by atoms with E-state index in [9.17, 15) is 4.79 Å². The molecule has 0 atom stereocenters. The van der Waals surface area contributed by atoms with Gasteiger partial charge in [-0.2, -0.15) is 0 Å². The van der Waals surface area contributed by atoms with Gasteiger partial charge in [-0.25, -0.2) is 0 Å². The minimum atomic E-state index is 0.0243. The van der Waals surface area contributed by atoms with Gasteiger partial charge in [-0.3, -0.25) is 4.79 Å². The predicted octanol–water partition coefficient (Wildman–Crippen LogP) is 2.50. The van der Waals surface area contributed by atoms with Crippen LogP contribution in [0.2, 0.25) is 0 Å². The van der Waals surface area contributed by atoms with Crippen LogP contribution in [0.3, 0.4) is 0 Å². The fraction of sp³-hybridized carbons (Fsp3) is 0.211. The van der Waals surface area contributed by atoms with Crippen molar-refractivity contribution in [3.8, 4) is 11.3 Å². The van der Waals surface area contributed by atoms with Crippen molar-refractivity contribution in [3.05, 3.63) is 63.9 Å². The molecule has 1 aromatic heterocycles. The maximum atomic E-state index is 13.0. The molecule has 1 aliphatic rings. The zero-order chi connectivity index (χ0) is 16.0. The summed E-state index contributed by atoms with van der Waals surface area (Å²) in [6.07, 6.45) is 1.64. The van der Waals surface area contributed by atoms with Crippen molar-refractivity contribution in [1.29, 1.82) is 0 Å². The molecule has 0 radical (unpaired) electrons. The van der Waals surface area contributed by atoms with E-state index >= 15 is 0 Å². The summed E-state index contributed by atoms with van der Waals surface area (Å²) >= 11 is 0. The highest BCUT2D eigenvalue weighted by Gasteiger charge is 2.25. The summed E-state index contributed by atoms with van der Waals surface area (Å²) < 4.78 is 1.88. The summed E-state index contributed by atoms with van der Waals surface area (Å²) in [6.45, 7) is 1.20. The van der Waals surface area contributed by atoms with Crippen molar-refractivity contribution in [3.63, 3.8) is 0 Å². The van der Waals surface area contributed by atoms with Gasteiger partial charge in [0.05, 0.1) is 5.69 Å². The van der Waals surface area contributed by atoms with Gasteiger partial charge in [0, 0.05) is 29.6 Å². The Hall–Kier alpha value is -2.59. The van der Waals surface area contributed by atoms with Gasteiger partial charge < -0.3 is 16.0 Å². The third kappa shape index (κ3) is 2.06. The predicted molar refractivity (Wildman–Crippen MR) is 94.5 cm³/mol. The second kappa shape index (κ2) is 5.25. The number of fused-ring (bicyclic) bond motifs is 5. The van der Waals surface area contributed by atoms with Gasteiger partial charge in [-0.05, 0) is 41.6 Å². The fourth-order valence-electron chi connectivity index (χ4n) is 3.58. The highest BCUT2D eigenvalue weighted by atomic mass is 16.1. The van der Waals surface area contributed by atoms with Gasteiger partial charge in [0.2, 0.25) is 0 Å². The Labute approximate surface area is 134 Å². The first-order chi connectivity index (χ1) is 11.2. The molecule has 4 N–H and O–H groups in total. The summed E-state index contributed by atoms with van der Waals surface area (Å²) in [7, 11) is 0. The largest absolute Gasteiger partial charge is 0.399 e. The lowest BCUT2D eigenvalue weighted by Gasteiger charge is -2.15. The van der Waals surface area contributed by atoms with Crippen molar-refractivity contribution in [2.45, 2.75) is 19.4 Å². The Bertz CT molecular complexity index is 972. The summed E-state index contributed by atoms with van der Waals surface area (Å²) in [5.74, 6) is 0. The molecule has 1 aliphatic carbocycles. The van der Waals surface area contributed by atoms with Gasteiger partial charge in [0.15, 0.2) is 0 Å². The van der Waals surface area contributed by atoms with Crippen molar-refractivity contribution in [2.24, 2.45) is 5.73 Å². The molecule has 0 bridgehead atoms. The van der Waals surface area contributed by atoms with Gasteiger partial charge in [-0.15, -0.1) is 0 Å². The maximum Gasteiger partial charge on any atom is 0.258 e. The molecule has 0 aliphatic heterocycles. The van der Waals surface area contributed by atoms with Gasteiger partial charge in [0.1, 0.15) is 0 Å². The first kappa shape index (κ1) is 14.0. The zero-order valence-electron chi connectivity index (χ0n) is 12.9. The summed E-state index contributed by atoms with van der Waals surface area (Å²) in [4.78, 5) is 13.0. The Balaban J connectivity index is 2.10. The quantitative estimate of drug-likeness (QED) is 0.571. The van der Waals surface area contributed by atoms with E-state index < -0.39 is 0 Å². The Morgan fingerprint density at radius 2 is 1.91 bits per heavy atom. The average molecular weight is 305 g/mol. The number of rotatable bonds is 3. The van der Waals surface area contributed by atoms with Crippen molar-refractivity contribution >= 4 is 16.5 Å². The van der Waals surface area contributed by atoms with Crippen LogP contribution in [0.25, 0.3) is 22.0 Å². The minimum absolute atomic E-state index is 0.0243. The third-order valence-corrected chi connectivity index (χ3v) is 4.63. The number of pyridine rings is 1. The number of nitrogens with two attached hydrogens (primary N) is 2. The lowest BCUT2D eigenvalue weighted by Crippen LogP contribution is -2.24. The van der Waals surface area contributed by atoms with Crippen LogP contribution in [-0.2, 0) is 13.0 Å². The van der Waals surface area contributed by atoms with Crippen molar-refractivity contribution in [2.75, 3.05) is 12.3 Å². The molecular weight excluding hydrogens is 286 g/mol. The molecule has 0 unspecified atom stereocenters. The monoisotopic (exact) mass is 305 g/mol. The van der Waals surface area contributed by atoms with Crippen LogP contribution in [0.1, 0.15) is 17.5 Å². The van der Waals surface area contributed by atoms with E-state index in [1.807, 2.05) is 28.8 Å². The second-order valence-electron chi connectivity index (χ2n) is 6.07. The number of benzene rings is 2. The minimum Gasteiger partial charge on any atom is -0.399 e. The average Bonchev–Trinajstić information content (AvgIpc) is 2.94. The molecule has 4 nitrogen and oxygen atoms in total. The maximum absolute atomic E-state index is 13.0. The van der Waals surface area contributed by atoms with Crippen molar-refractivity contribution in [1.82, 2.24) is 4.57 Å². The first-order valence-corrected chi connectivity index (χ1v) is 7.94. The number of anilines is 1. The smallest absolute Gasteiger partial charge is 0.258 e. The molecule has 4 heteroatoms. The van der Waals surface area contributed by atoms with Crippen molar-refractivity contribution < 1.29 is 0 Å². The highest BCUT2D eigenvalue weighted by molar-refractivity contribution is 5.94. The van der Waals surface area contributed by atoms with E-state index in [4.69, 9.17) is 11.5 Å². The number of hydrogen-bond donors (Lipinski definition) is 2. The Kier molecular flexibility index (Phi) is 3.20. The van der Waals surface area contributed by atoms with Crippen LogP contribution >= 0.6 is 0 Å². The second-order valence-corrected chi connectivity index (χ2v) is 6.07. The van der Waals surface area contributed by atoms with E-state index in [0.717, 1.165) is 29.5 Å². The lowest BCUT2D eigenvalue weighted by molar-refractivity contribution is 0.639.